The predicted octanol–water partition coefficient (Wildman–Crippen LogP) is 3.02. The van der Waals surface area contributed by atoms with Crippen molar-refractivity contribution in [2.45, 2.75) is 51.0 Å². The van der Waals surface area contributed by atoms with Crippen molar-refractivity contribution in [3.63, 3.8) is 0 Å². The maximum Gasteiger partial charge on any atom is 0.0900 e. The molecule has 132 valence electrons. The number of β-amino-alcohol motifs (C(OH)–C–C–N with tert-alkyl or cyclic N) is 1. The van der Waals surface area contributed by atoms with E-state index in [1.165, 1.54) is 56.5 Å². The first kappa shape index (κ1) is 16.7. The number of hydrogen-bond donors (Lipinski definition) is 1. The van der Waals surface area contributed by atoms with Crippen molar-refractivity contribution in [2.75, 3.05) is 44.4 Å². The molecule has 1 N–H and O–H groups in total. The minimum Gasteiger partial charge on any atom is -0.389 e. The minimum atomic E-state index is -0.311. The summed E-state index contributed by atoms with van der Waals surface area (Å²) in [6, 6.07) is 0. The van der Waals surface area contributed by atoms with Crippen LogP contribution < -0.4 is 0 Å². The van der Waals surface area contributed by atoms with E-state index < -0.39 is 0 Å². The highest BCUT2D eigenvalue weighted by Gasteiger charge is 2.50. The van der Waals surface area contributed by atoms with Gasteiger partial charge in [0.2, 0.25) is 0 Å². The lowest BCUT2D eigenvalue weighted by atomic mass is 9.49. The van der Waals surface area contributed by atoms with Gasteiger partial charge in [-0.3, -0.25) is 4.90 Å². The van der Waals surface area contributed by atoms with E-state index in [0.29, 0.717) is 12.0 Å². The summed E-state index contributed by atoms with van der Waals surface area (Å²) >= 11 is 2.02. The number of rotatable bonds is 7. The van der Waals surface area contributed by atoms with E-state index in [1.807, 2.05) is 11.8 Å². The Hall–Kier alpha value is 0.230. The summed E-state index contributed by atoms with van der Waals surface area (Å²) in [5.41, 5.74) is 0.615. The molecule has 1 atom stereocenters. The molecule has 0 radical (unpaired) electrons. The van der Waals surface area contributed by atoms with Crippen LogP contribution in [0.4, 0.5) is 0 Å². The first-order valence-corrected chi connectivity index (χ1v) is 10.9. The van der Waals surface area contributed by atoms with Crippen LogP contribution in [0.25, 0.3) is 0 Å². The average molecular weight is 340 g/mol. The van der Waals surface area contributed by atoms with Crippen LogP contribution in [0.2, 0.25) is 0 Å². The Morgan fingerprint density at radius 1 is 1.04 bits per heavy atom. The zero-order chi connectivity index (χ0) is 15.7. The Kier molecular flexibility index (Phi) is 5.24. The maximum atomic E-state index is 10.2. The summed E-state index contributed by atoms with van der Waals surface area (Å²) in [6.07, 6.45) is 9.90. The van der Waals surface area contributed by atoms with Crippen molar-refractivity contribution in [1.29, 1.82) is 0 Å². The number of thioether (sulfide) groups is 1. The zero-order valence-electron chi connectivity index (χ0n) is 14.4. The Balaban J connectivity index is 1.16. The highest BCUT2D eigenvalue weighted by atomic mass is 32.2. The zero-order valence-corrected chi connectivity index (χ0v) is 15.2. The molecule has 0 aromatic rings. The molecule has 5 aliphatic rings. The number of aliphatic hydroxyl groups excluding tert-OH is 1. The molecule has 4 bridgehead atoms. The second-order valence-electron chi connectivity index (χ2n) is 8.81. The lowest BCUT2D eigenvalue weighted by molar-refractivity contribution is -0.0740. The van der Waals surface area contributed by atoms with E-state index in [9.17, 15) is 5.11 Å². The van der Waals surface area contributed by atoms with Gasteiger partial charge in [0.15, 0.2) is 0 Å². The van der Waals surface area contributed by atoms with Crippen LogP contribution in [0.15, 0.2) is 0 Å². The van der Waals surface area contributed by atoms with E-state index in [0.717, 1.165) is 44.0 Å². The molecule has 3 nitrogen and oxygen atoms in total. The molecule has 4 saturated carbocycles. The molecule has 0 spiro atoms. The van der Waals surface area contributed by atoms with Gasteiger partial charge in [-0.15, -0.1) is 0 Å². The topological polar surface area (TPSA) is 32.7 Å². The van der Waals surface area contributed by atoms with Crippen molar-refractivity contribution < 1.29 is 9.84 Å². The molecule has 23 heavy (non-hydrogen) atoms. The quantitative estimate of drug-likeness (QED) is 0.723. The number of hydrogen-bond acceptors (Lipinski definition) is 4. The van der Waals surface area contributed by atoms with Crippen LogP contribution in [0, 0.1) is 23.2 Å². The first-order valence-electron chi connectivity index (χ1n) is 9.77. The SMILES string of the molecule is O[C@@H](COCCC12CC3CC(CC(C3)C1)C2)CN1CCSCC1. The standard InChI is InChI=1S/C19H33NO2S/c21-18(13-20-2-5-23-6-3-20)14-22-4-1-19-10-15-7-16(11-19)9-17(8-15)12-19/h15-18,21H,1-14H2/t15?,16?,17?,18-,19?/m1/s1. The van der Waals surface area contributed by atoms with Gasteiger partial charge in [0, 0.05) is 37.7 Å². The molecule has 1 saturated heterocycles. The van der Waals surface area contributed by atoms with Crippen LogP contribution in [-0.2, 0) is 4.74 Å². The van der Waals surface area contributed by atoms with Crippen molar-refractivity contribution in [3.8, 4) is 0 Å². The number of nitrogens with zero attached hydrogens (tertiary/aromatic N) is 1. The molecule has 0 amide bonds. The van der Waals surface area contributed by atoms with Gasteiger partial charge in [0.1, 0.15) is 0 Å². The summed E-state index contributed by atoms with van der Waals surface area (Å²) in [4.78, 5) is 2.38. The third-order valence-corrected chi connectivity index (χ3v) is 7.77. The summed E-state index contributed by atoms with van der Waals surface area (Å²) in [6.45, 7) is 4.41. The predicted molar refractivity (Wildman–Crippen MR) is 95.8 cm³/mol. The minimum absolute atomic E-state index is 0.311. The molecule has 4 aliphatic carbocycles. The fourth-order valence-corrected chi connectivity index (χ4v) is 7.22. The van der Waals surface area contributed by atoms with Crippen molar-refractivity contribution >= 4 is 11.8 Å². The van der Waals surface area contributed by atoms with Crippen LogP contribution in [-0.4, -0.2) is 60.5 Å². The van der Waals surface area contributed by atoms with Crippen LogP contribution in [0.5, 0.6) is 0 Å². The second kappa shape index (κ2) is 7.23. The Morgan fingerprint density at radius 2 is 1.65 bits per heavy atom. The van der Waals surface area contributed by atoms with Gasteiger partial charge in [-0.2, -0.15) is 11.8 Å². The third kappa shape index (κ3) is 4.08. The van der Waals surface area contributed by atoms with E-state index in [-0.39, 0.29) is 6.10 Å². The monoisotopic (exact) mass is 339 g/mol. The Labute approximate surface area is 145 Å². The molecule has 0 aromatic heterocycles. The number of aliphatic hydroxyl groups is 1. The fraction of sp³-hybridized carbons (Fsp3) is 1.00. The van der Waals surface area contributed by atoms with Gasteiger partial charge in [-0.1, -0.05) is 0 Å². The van der Waals surface area contributed by atoms with Crippen molar-refractivity contribution in [1.82, 2.24) is 4.90 Å². The van der Waals surface area contributed by atoms with Gasteiger partial charge in [-0.05, 0) is 68.1 Å². The van der Waals surface area contributed by atoms with Crippen molar-refractivity contribution in [3.05, 3.63) is 0 Å². The maximum absolute atomic E-state index is 10.2. The van der Waals surface area contributed by atoms with Crippen molar-refractivity contribution in [2.24, 2.45) is 23.2 Å². The summed E-state index contributed by atoms with van der Waals surface area (Å²) < 4.78 is 5.89. The van der Waals surface area contributed by atoms with Crippen LogP contribution >= 0.6 is 11.8 Å². The van der Waals surface area contributed by atoms with Gasteiger partial charge < -0.3 is 9.84 Å². The third-order valence-electron chi connectivity index (χ3n) is 6.82. The molecule has 0 aromatic carbocycles. The summed E-state index contributed by atoms with van der Waals surface area (Å²) in [7, 11) is 0. The summed E-state index contributed by atoms with van der Waals surface area (Å²) in [5.74, 6) is 5.51. The molecular weight excluding hydrogens is 306 g/mol. The lowest BCUT2D eigenvalue weighted by Gasteiger charge is -2.57. The molecule has 4 heteroatoms. The molecule has 1 aliphatic heterocycles. The lowest BCUT2D eigenvalue weighted by Crippen LogP contribution is -2.46. The van der Waals surface area contributed by atoms with Gasteiger partial charge >= 0.3 is 0 Å². The van der Waals surface area contributed by atoms with E-state index in [1.54, 1.807) is 0 Å². The highest BCUT2D eigenvalue weighted by Crippen LogP contribution is 2.61. The normalized spacial score (nSPS) is 41.3. The Morgan fingerprint density at radius 3 is 2.26 bits per heavy atom. The van der Waals surface area contributed by atoms with E-state index >= 15 is 0 Å². The Bertz CT molecular complexity index is 362. The second-order valence-corrected chi connectivity index (χ2v) is 10.0. The van der Waals surface area contributed by atoms with E-state index in [2.05, 4.69) is 4.90 Å². The van der Waals surface area contributed by atoms with Gasteiger partial charge in [-0.25, -0.2) is 0 Å². The fourth-order valence-electron chi connectivity index (χ4n) is 6.24. The molecule has 5 fully saturated rings. The van der Waals surface area contributed by atoms with Crippen LogP contribution in [0.1, 0.15) is 44.9 Å². The smallest absolute Gasteiger partial charge is 0.0900 e. The van der Waals surface area contributed by atoms with Gasteiger partial charge in [0.25, 0.3) is 0 Å². The molecular formula is C19H33NO2S. The molecule has 5 rings (SSSR count). The van der Waals surface area contributed by atoms with E-state index in [4.69, 9.17) is 4.74 Å². The largest absolute Gasteiger partial charge is 0.389 e. The average Bonchev–Trinajstić information content (AvgIpc) is 2.51. The van der Waals surface area contributed by atoms with Crippen LogP contribution in [0.3, 0.4) is 0 Å². The first-order chi connectivity index (χ1) is 11.2. The molecule has 1 heterocycles. The summed E-state index contributed by atoms with van der Waals surface area (Å²) in [5, 5.41) is 10.2. The van der Waals surface area contributed by atoms with Gasteiger partial charge in [0.05, 0.1) is 12.7 Å². The number of ether oxygens (including phenoxy) is 1. The molecule has 0 unspecified atom stereocenters. The highest BCUT2D eigenvalue weighted by molar-refractivity contribution is 7.99.